The number of para-hydroxylation sites is 1. The number of nitrogens with zero attached hydrogens (tertiary/aromatic N) is 1. The van der Waals surface area contributed by atoms with Crippen LogP contribution in [0.5, 0.6) is 0 Å². The Hall–Kier alpha value is -1.50. The molecule has 1 saturated heterocycles. The summed E-state index contributed by atoms with van der Waals surface area (Å²) >= 11 is 0. The van der Waals surface area contributed by atoms with Crippen LogP contribution in [0, 0.1) is 11.7 Å². The minimum atomic E-state index is -0.681. The molecule has 6 heteroatoms. The van der Waals surface area contributed by atoms with Crippen molar-refractivity contribution in [2.45, 2.75) is 38.4 Å². The van der Waals surface area contributed by atoms with Crippen molar-refractivity contribution in [2.75, 3.05) is 31.3 Å². The molecule has 1 aromatic carbocycles. The van der Waals surface area contributed by atoms with Crippen molar-refractivity contribution < 1.29 is 23.8 Å². The van der Waals surface area contributed by atoms with Crippen molar-refractivity contribution in [3.63, 3.8) is 0 Å². The molecule has 2 heterocycles. The smallest absolute Gasteiger partial charge is 0.255 e. The summed E-state index contributed by atoms with van der Waals surface area (Å²) in [6.45, 7) is 3.05. The Morgan fingerprint density at radius 2 is 2.38 bits per heavy atom. The van der Waals surface area contributed by atoms with E-state index < -0.39 is 11.9 Å². The monoisotopic (exact) mass is 337 g/mol. The van der Waals surface area contributed by atoms with Crippen molar-refractivity contribution in [3.8, 4) is 0 Å². The normalized spacial score (nSPS) is 24.7. The van der Waals surface area contributed by atoms with Gasteiger partial charge in [-0.1, -0.05) is 12.1 Å². The fraction of sp³-hybridized carbons (Fsp3) is 0.611. The second-order valence-corrected chi connectivity index (χ2v) is 6.56. The van der Waals surface area contributed by atoms with Crippen molar-refractivity contribution in [1.82, 2.24) is 0 Å². The molecule has 0 spiro atoms. The lowest BCUT2D eigenvalue weighted by Crippen LogP contribution is -2.46. The maximum absolute atomic E-state index is 14.3. The highest BCUT2D eigenvalue weighted by molar-refractivity contribution is 5.97. The minimum Gasteiger partial charge on any atom is -0.396 e. The zero-order valence-corrected chi connectivity index (χ0v) is 13.9. The van der Waals surface area contributed by atoms with E-state index in [-0.39, 0.29) is 24.5 Å². The van der Waals surface area contributed by atoms with E-state index in [1.54, 1.807) is 19.1 Å². The number of fused-ring (bicyclic) bond motifs is 1. The van der Waals surface area contributed by atoms with Gasteiger partial charge in [0.25, 0.3) is 5.91 Å². The quantitative estimate of drug-likeness (QED) is 0.892. The Bertz CT molecular complexity index is 588. The van der Waals surface area contributed by atoms with Gasteiger partial charge in [-0.25, -0.2) is 4.39 Å². The van der Waals surface area contributed by atoms with Crippen LogP contribution in [0.15, 0.2) is 18.2 Å². The highest BCUT2D eigenvalue weighted by Crippen LogP contribution is 2.32. The van der Waals surface area contributed by atoms with Crippen LogP contribution < -0.4 is 4.90 Å². The Morgan fingerprint density at radius 1 is 1.54 bits per heavy atom. The molecule has 3 unspecified atom stereocenters. The van der Waals surface area contributed by atoms with Gasteiger partial charge in [0.05, 0.1) is 18.4 Å². The standard InChI is InChI=1S/C18H24FNO4/c1-12(24-11-15-5-3-7-23-15)18(22)20-9-13(10-21)8-14-4-2-6-16(19)17(14)20/h2,4,6,12-13,15,21H,3,5,7-11H2,1H3. The molecule has 2 aliphatic rings. The number of benzene rings is 1. The summed E-state index contributed by atoms with van der Waals surface area (Å²) in [5.41, 5.74) is 1.07. The molecular formula is C18H24FNO4. The Labute approximate surface area is 141 Å². The number of aliphatic hydroxyl groups excluding tert-OH is 1. The molecule has 132 valence electrons. The highest BCUT2D eigenvalue weighted by Gasteiger charge is 2.33. The second-order valence-electron chi connectivity index (χ2n) is 6.56. The summed E-state index contributed by atoms with van der Waals surface area (Å²) < 4.78 is 25.4. The third-order valence-corrected chi connectivity index (χ3v) is 4.72. The molecule has 1 aromatic rings. The summed E-state index contributed by atoms with van der Waals surface area (Å²) in [5.74, 6) is -0.783. The van der Waals surface area contributed by atoms with Gasteiger partial charge in [-0.3, -0.25) is 4.79 Å². The zero-order valence-electron chi connectivity index (χ0n) is 13.9. The van der Waals surface area contributed by atoms with Gasteiger partial charge in [0.1, 0.15) is 11.9 Å². The lowest BCUT2D eigenvalue weighted by molar-refractivity contribution is -0.131. The number of carbonyl (C=O) groups excluding carboxylic acids is 1. The van der Waals surface area contributed by atoms with Crippen LogP contribution in [-0.4, -0.2) is 49.6 Å². The number of amides is 1. The first-order valence-electron chi connectivity index (χ1n) is 8.53. The number of ether oxygens (including phenoxy) is 2. The summed E-state index contributed by atoms with van der Waals surface area (Å²) in [6, 6.07) is 4.79. The third kappa shape index (κ3) is 3.61. The highest BCUT2D eigenvalue weighted by atomic mass is 19.1. The molecule has 3 rings (SSSR count). The first kappa shape index (κ1) is 17.3. The first-order valence-corrected chi connectivity index (χ1v) is 8.53. The molecule has 0 aromatic heterocycles. The van der Waals surface area contributed by atoms with Gasteiger partial charge in [-0.2, -0.15) is 0 Å². The molecular weight excluding hydrogens is 313 g/mol. The summed E-state index contributed by atoms with van der Waals surface area (Å²) in [5, 5.41) is 9.49. The van der Waals surface area contributed by atoms with E-state index in [0.29, 0.717) is 25.3 Å². The molecule has 5 nitrogen and oxygen atoms in total. The SMILES string of the molecule is CC(OCC1CCCO1)C(=O)N1CC(CO)Cc2cccc(F)c21. The second kappa shape index (κ2) is 7.59. The third-order valence-electron chi connectivity index (χ3n) is 4.72. The maximum atomic E-state index is 14.3. The number of anilines is 1. The number of rotatable bonds is 5. The molecule has 0 radical (unpaired) electrons. The van der Waals surface area contributed by atoms with E-state index >= 15 is 0 Å². The average molecular weight is 337 g/mol. The van der Waals surface area contributed by atoms with Crippen molar-refractivity contribution >= 4 is 11.6 Å². The largest absolute Gasteiger partial charge is 0.396 e. The Balaban J connectivity index is 1.73. The van der Waals surface area contributed by atoms with Crippen molar-refractivity contribution in [1.29, 1.82) is 0 Å². The van der Waals surface area contributed by atoms with E-state index in [0.717, 1.165) is 25.0 Å². The van der Waals surface area contributed by atoms with Crippen LogP contribution >= 0.6 is 0 Å². The predicted octanol–water partition coefficient (Wildman–Crippen LogP) is 1.91. The van der Waals surface area contributed by atoms with Crippen LogP contribution in [-0.2, 0) is 20.7 Å². The predicted molar refractivity (Wildman–Crippen MR) is 87.4 cm³/mol. The molecule has 1 N–H and O–H groups in total. The average Bonchev–Trinajstić information content (AvgIpc) is 3.11. The van der Waals surface area contributed by atoms with Gasteiger partial charge >= 0.3 is 0 Å². The van der Waals surface area contributed by atoms with Gasteiger partial charge in [0, 0.05) is 25.7 Å². The van der Waals surface area contributed by atoms with Crippen LogP contribution in [0.1, 0.15) is 25.3 Å². The molecule has 2 aliphatic heterocycles. The summed E-state index contributed by atoms with van der Waals surface area (Å²) in [4.78, 5) is 14.2. The fourth-order valence-electron chi connectivity index (χ4n) is 3.39. The molecule has 0 aliphatic carbocycles. The first-order chi connectivity index (χ1) is 11.6. The van der Waals surface area contributed by atoms with E-state index in [9.17, 15) is 14.3 Å². The maximum Gasteiger partial charge on any atom is 0.255 e. The number of aliphatic hydroxyl groups is 1. The Kier molecular flexibility index (Phi) is 5.48. The fourth-order valence-corrected chi connectivity index (χ4v) is 3.39. The summed E-state index contributed by atoms with van der Waals surface area (Å²) in [7, 11) is 0. The minimum absolute atomic E-state index is 0.0368. The number of carbonyl (C=O) groups is 1. The molecule has 0 bridgehead atoms. The van der Waals surface area contributed by atoms with E-state index in [2.05, 4.69) is 0 Å². The summed E-state index contributed by atoms with van der Waals surface area (Å²) in [6.07, 6.45) is 1.88. The van der Waals surface area contributed by atoms with Crippen LogP contribution in [0.3, 0.4) is 0 Å². The van der Waals surface area contributed by atoms with Gasteiger partial charge in [-0.05, 0) is 37.8 Å². The van der Waals surface area contributed by atoms with Crippen LogP contribution in [0.25, 0.3) is 0 Å². The zero-order chi connectivity index (χ0) is 17.1. The molecule has 1 amide bonds. The van der Waals surface area contributed by atoms with Gasteiger partial charge < -0.3 is 19.5 Å². The van der Waals surface area contributed by atoms with Gasteiger partial charge in [0.15, 0.2) is 0 Å². The van der Waals surface area contributed by atoms with E-state index in [1.165, 1.54) is 11.0 Å². The number of hydrogen-bond acceptors (Lipinski definition) is 4. The van der Waals surface area contributed by atoms with Gasteiger partial charge in [0.2, 0.25) is 0 Å². The molecule has 3 atom stereocenters. The number of hydrogen-bond donors (Lipinski definition) is 1. The molecule has 1 fully saturated rings. The van der Waals surface area contributed by atoms with Crippen LogP contribution in [0.4, 0.5) is 10.1 Å². The van der Waals surface area contributed by atoms with Crippen molar-refractivity contribution in [3.05, 3.63) is 29.6 Å². The lowest BCUT2D eigenvalue weighted by Gasteiger charge is -2.35. The van der Waals surface area contributed by atoms with Crippen LogP contribution in [0.2, 0.25) is 0 Å². The topological polar surface area (TPSA) is 59.0 Å². The number of halogens is 1. The molecule has 0 saturated carbocycles. The lowest BCUT2D eigenvalue weighted by atomic mass is 9.92. The van der Waals surface area contributed by atoms with Gasteiger partial charge in [-0.15, -0.1) is 0 Å². The Morgan fingerprint density at radius 3 is 3.08 bits per heavy atom. The van der Waals surface area contributed by atoms with Crippen molar-refractivity contribution in [2.24, 2.45) is 5.92 Å². The molecule has 24 heavy (non-hydrogen) atoms. The van der Waals surface area contributed by atoms with E-state index in [1.807, 2.05) is 0 Å². The van der Waals surface area contributed by atoms with E-state index in [4.69, 9.17) is 9.47 Å².